The van der Waals surface area contributed by atoms with E-state index in [0.29, 0.717) is 5.69 Å². The molecule has 0 saturated carbocycles. The van der Waals surface area contributed by atoms with Gasteiger partial charge in [0.1, 0.15) is 6.54 Å². The maximum atomic E-state index is 13.3. The highest BCUT2D eigenvalue weighted by Gasteiger charge is 2.50. The molecule has 7 nitrogen and oxygen atoms in total. The number of carbonyl (C=O) groups is 3. The number of pyridine rings is 1. The monoisotopic (exact) mass is 428 g/mol. The van der Waals surface area contributed by atoms with Gasteiger partial charge in [-0.2, -0.15) is 0 Å². The van der Waals surface area contributed by atoms with Crippen molar-refractivity contribution in [2.45, 2.75) is 18.5 Å². The van der Waals surface area contributed by atoms with E-state index in [-0.39, 0.29) is 18.5 Å². The summed E-state index contributed by atoms with van der Waals surface area (Å²) in [6, 6.07) is 23.5. The molecule has 1 atom stereocenters. The first kappa shape index (κ1) is 21.2. The van der Waals surface area contributed by atoms with Gasteiger partial charge in [-0.25, -0.2) is 4.79 Å². The van der Waals surface area contributed by atoms with Crippen molar-refractivity contribution in [1.29, 1.82) is 0 Å². The molecule has 0 bridgehead atoms. The Bertz CT molecular complexity index is 1080. The number of aromatic nitrogens is 1. The van der Waals surface area contributed by atoms with Crippen LogP contribution in [0, 0.1) is 0 Å². The van der Waals surface area contributed by atoms with Crippen LogP contribution < -0.4 is 5.32 Å². The maximum absolute atomic E-state index is 13.3. The molecule has 1 fully saturated rings. The fourth-order valence-corrected chi connectivity index (χ4v) is 3.97. The van der Waals surface area contributed by atoms with Gasteiger partial charge in [0.25, 0.3) is 5.91 Å². The normalized spacial score (nSPS) is 18.0. The van der Waals surface area contributed by atoms with Gasteiger partial charge >= 0.3 is 6.03 Å². The molecule has 1 unspecified atom stereocenters. The number of amides is 4. The second-order valence-corrected chi connectivity index (χ2v) is 7.89. The number of hydrogen-bond donors (Lipinski definition) is 1. The summed E-state index contributed by atoms with van der Waals surface area (Å²) in [5.74, 6) is -0.851. The van der Waals surface area contributed by atoms with E-state index in [1.165, 1.54) is 0 Å². The number of hydrogen-bond acceptors (Lipinski definition) is 4. The summed E-state index contributed by atoms with van der Waals surface area (Å²) in [6.45, 7) is 1.24. The van der Waals surface area contributed by atoms with Crippen molar-refractivity contribution in [2.24, 2.45) is 0 Å². The Balaban J connectivity index is 1.58. The third-order valence-corrected chi connectivity index (χ3v) is 5.76. The fraction of sp³-hybridized carbons (Fsp3) is 0.200. The highest BCUT2D eigenvalue weighted by atomic mass is 16.2. The minimum Gasteiger partial charge on any atom is -0.333 e. The lowest BCUT2D eigenvalue weighted by molar-refractivity contribution is -0.139. The first-order valence-electron chi connectivity index (χ1n) is 10.3. The zero-order valence-electron chi connectivity index (χ0n) is 17.9. The third-order valence-electron chi connectivity index (χ3n) is 5.76. The Kier molecular flexibility index (Phi) is 5.73. The Labute approximate surface area is 186 Å². The van der Waals surface area contributed by atoms with Crippen LogP contribution in [-0.4, -0.2) is 46.2 Å². The summed E-state index contributed by atoms with van der Waals surface area (Å²) < 4.78 is 0. The first-order chi connectivity index (χ1) is 15.4. The van der Waals surface area contributed by atoms with Crippen molar-refractivity contribution >= 4 is 17.8 Å². The van der Waals surface area contributed by atoms with Crippen LogP contribution >= 0.6 is 0 Å². The van der Waals surface area contributed by atoms with E-state index in [1.54, 1.807) is 43.3 Å². The summed E-state index contributed by atoms with van der Waals surface area (Å²) in [7, 11) is 1.68. The molecule has 4 rings (SSSR count). The Morgan fingerprint density at radius 1 is 0.969 bits per heavy atom. The molecule has 4 amide bonds. The fourth-order valence-electron chi connectivity index (χ4n) is 3.97. The average Bonchev–Trinajstić information content (AvgIpc) is 3.05. The van der Waals surface area contributed by atoms with Gasteiger partial charge in [-0.05, 0) is 30.2 Å². The average molecular weight is 428 g/mol. The molecule has 3 aromatic rings. The van der Waals surface area contributed by atoms with Crippen LogP contribution in [0.1, 0.15) is 29.8 Å². The van der Waals surface area contributed by atoms with Crippen molar-refractivity contribution in [1.82, 2.24) is 20.1 Å². The second kappa shape index (κ2) is 8.63. The molecule has 0 aliphatic carbocycles. The van der Waals surface area contributed by atoms with E-state index in [9.17, 15) is 14.4 Å². The van der Waals surface area contributed by atoms with E-state index in [2.05, 4.69) is 10.3 Å². The third kappa shape index (κ3) is 3.85. The predicted octanol–water partition coefficient (Wildman–Crippen LogP) is 3.10. The zero-order chi connectivity index (χ0) is 22.7. The van der Waals surface area contributed by atoms with Crippen LogP contribution in [0.15, 0.2) is 85.1 Å². The number of rotatable bonds is 6. The molecule has 1 aliphatic rings. The summed E-state index contributed by atoms with van der Waals surface area (Å²) in [6.07, 6.45) is 1.56. The van der Waals surface area contributed by atoms with Gasteiger partial charge in [0.2, 0.25) is 5.91 Å². The molecule has 1 aromatic heterocycles. The molecule has 1 N–H and O–H groups in total. The standard InChI is InChI=1S/C25H24N4O3/c1-25(20-15-9-10-16-26-20)23(31)29(24(32)27-25)17-21(30)28(2)22(18-11-5-3-6-12-18)19-13-7-4-8-14-19/h3-16,22H,17H2,1-2H3,(H,27,32). The summed E-state index contributed by atoms with van der Waals surface area (Å²) in [4.78, 5) is 45.8. The molecular weight excluding hydrogens is 404 g/mol. The van der Waals surface area contributed by atoms with Crippen molar-refractivity contribution in [2.75, 3.05) is 13.6 Å². The number of urea groups is 1. The van der Waals surface area contributed by atoms with Crippen molar-refractivity contribution in [3.8, 4) is 0 Å². The predicted molar refractivity (Wildman–Crippen MR) is 119 cm³/mol. The van der Waals surface area contributed by atoms with Crippen LogP contribution in [-0.2, 0) is 15.1 Å². The molecule has 162 valence electrons. The van der Waals surface area contributed by atoms with E-state index >= 15 is 0 Å². The van der Waals surface area contributed by atoms with Crippen molar-refractivity contribution in [3.63, 3.8) is 0 Å². The topological polar surface area (TPSA) is 82.6 Å². The van der Waals surface area contributed by atoms with Crippen LogP contribution in [0.4, 0.5) is 4.79 Å². The molecule has 2 heterocycles. The smallest absolute Gasteiger partial charge is 0.325 e. The molecule has 2 aromatic carbocycles. The Morgan fingerprint density at radius 3 is 2.06 bits per heavy atom. The highest BCUT2D eigenvalue weighted by Crippen LogP contribution is 2.30. The van der Waals surface area contributed by atoms with Crippen LogP contribution in [0.2, 0.25) is 0 Å². The van der Waals surface area contributed by atoms with Gasteiger partial charge in [-0.15, -0.1) is 0 Å². The highest BCUT2D eigenvalue weighted by molar-refractivity contribution is 6.09. The molecule has 0 radical (unpaired) electrons. The van der Waals surface area contributed by atoms with Gasteiger partial charge in [0, 0.05) is 13.2 Å². The summed E-state index contributed by atoms with van der Waals surface area (Å²) >= 11 is 0. The molecule has 1 aliphatic heterocycles. The largest absolute Gasteiger partial charge is 0.333 e. The Morgan fingerprint density at radius 2 is 1.53 bits per heavy atom. The van der Waals surface area contributed by atoms with E-state index in [1.807, 2.05) is 60.7 Å². The van der Waals surface area contributed by atoms with E-state index in [0.717, 1.165) is 16.0 Å². The van der Waals surface area contributed by atoms with E-state index < -0.39 is 17.5 Å². The van der Waals surface area contributed by atoms with Gasteiger partial charge in [0.15, 0.2) is 5.54 Å². The van der Waals surface area contributed by atoms with Gasteiger partial charge < -0.3 is 10.2 Å². The molecule has 0 spiro atoms. The lowest BCUT2D eigenvalue weighted by atomic mass is 9.97. The number of imide groups is 1. The van der Waals surface area contributed by atoms with Crippen LogP contribution in [0.5, 0.6) is 0 Å². The Hall–Kier alpha value is -4.00. The van der Waals surface area contributed by atoms with Crippen molar-refractivity contribution < 1.29 is 14.4 Å². The van der Waals surface area contributed by atoms with E-state index in [4.69, 9.17) is 0 Å². The molecule has 32 heavy (non-hydrogen) atoms. The number of likely N-dealkylation sites (N-methyl/N-ethyl adjacent to an activating group) is 1. The van der Waals surface area contributed by atoms with Gasteiger partial charge in [0.05, 0.1) is 11.7 Å². The van der Waals surface area contributed by atoms with Gasteiger partial charge in [-0.3, -0.25) is 19.5 Å². The van der Waals surface area contributed by atoms with Gasteiger partial charge in [-0.1, -0.05) is 66.7 Å². The van der Waals surface area contributed by atoms with Crippen LogP contribution in [0.25, 0.3) is 0 Å². The quantitative estimate of drug-likeness (QED) is 0.612. The minimum atomic E-state index is -1.31. The SMILES string of the molecule is CN(C(=O)CN1C(=O)NC(C)(c2ccccn2)C1=O)C(c1ccccc1)c1ccccc1. The first-order valence-corrected chi connectivity index (χ1v) is 10.3. The summed E-state index contributed by atoms with van der Waals surface area (Å²) in [5.41, 5.74) is 0.985. The number of nitrogens with one attached hydrogen (secondary N) is 1. The lowest BCUT2D eigenvalue weighted by Gasteiger charge is -2.30. The van der Waals surface area contributed by atoms with Crippen LogP contribution in [0.3, 0.4) is 0 Å². The second-order valence-electron chi connectivity index (χ2n) is 7.89. The molecule has 1 saturated heterocycles. The summed E-state index contributed by atoms with van der Waals surface area (Å²) in [5, 5.41) is 2.69. The molecule has 7 heteroatoms. The van der Waals surface area contributed by atoms with Crippen molar-refractivity contribution in [3.05, 3.63) is 102 Å². The number of nitrogens with zero attached hydrogens (tertiary/aromatic N) is 3. The minimum absolute atomic E-state index is 0.350. The maximum Gasteiger partial charge on any atom is 0.325 e. The zero-order valence-corrected chi connectivity index (χ0v) is 17.9. The number of carbonyl (C=O) groups excluding carboxylic acids is 3. The lowest BCUT2D eigenvalue weighted by Crippen LogP contribution is -2.44. The number of benzene rings is 2. The molecular formula is C25H24N4O3.